The standard InChI is InChI=1S/C3H4Cl2F2N2O/c4-1(5)3(6,7)2(8)9-10/h1,10H,(H2,8,9). The van der Waals surface area contributed by atoms with E-state index in [4.69, 9.17) is 28.4 Å². The molecule has 0 spiro atoms. The van der Waals surface area contributed by atoms with Gasteiger partial charge in [0.15, 0.2) is 4.84 Å². The summed E-state index contributed by atoms with van der Waals surface area (Å²) in [6, 6.07) is 0. The molecule has 0 saturated heterocycles. The minimum atomic E-state index is -3.68. The Kier molecular flexibility index (Phi) is 3.11. The molecule has 0 bridgehead atoms. The summed E-state index contributed by atoms with van der Waals surface area (Å²) >= 11 is 9.57. The van der Waals surface area contributed by atoms with Crippen molar-refractivity contribution in [3.8, 4) is 0 Å². The van der Waals surface area contributed by atoms with E-state index in [1.54, 1.807) is 0 Å². The highest BCUT2D eigenvalue weighted by Gasteiger charge is 2.42. The van der Waals surface area contributed by atoms with Gasteiger partial charge in [-0.2, -0.15) is 8.78 Å². The minimum Gasteiger partial charge on any atom is -0.409 e. The van der Waals surface area contributed by atoms with Crippen molar-refractivity contribution in [3.05, 3.63) is 0 Å². The normalized spacial score (nSPS) is 14.3. The van der Waals surface area contributed by atoms with E-state index in [0.717, 1.165) is 0 Å². The SMILES string of the molecule is N/C(=N\O)C(F)(F)C(Cl)Cl. The molecule has 3 nitrogen and oxygen atoms in total. The Balaban J connectivity index is 4.40. The first kappa shape index (κ1) is 9.71. The molecule has 0 aliphatic heterocycles. The lowest BCUT2D eigenvalue weighted by Gasteiger charge is -2.14. The number of hydrogen-bond donors (Lipinski definition) is 2. The zero-order chi connectivity index (χ0) is 8.36. The second kappa shape index (κ2) is 3.21. The zero-order valence-corrected chi connectivity index (χ0v) is 6.07. The Labute approximate surface area is 65.4 Å². The predicted octanol–water partition coefficient (Wildman–Crippen LogP) is 1.17. The monoisotopic (exact) mass is 192 g/mol. The average molecular weight is 193 g/mol. The van der Waals surface area contributed by atoms with Gasteiger partial charge in [-0.15, -0.1) is 0 Å². The third-order valence-corrected chi connectivity index (χ3v) is 1.27. The lowest BCUT2D eigenvalue weighted by atomic mass is 10.3. The first-order valence-corrected chi connectivity index (χ1v) is 2.94. The van der Waals surface area contributed by atoms with Crippen LogP contribution >= 0.6 is 23.2 Å². The number of alkyl halides is 4. The number of nitrogens with zero attached hydrogens (tertiary/aromatic N) is 1. The zero-order valence-electron chi connectivity index (χ0n) is 4.56. The highest BCUT2D eigenvalue weighted by Crippen LogP contribution is 2.26. The fourth-order valence-corrected chi connectivity index (χ4v) is 0.402. The van der Waals surface area contributed by atoms with Gasteiger partial charge in [0.2, 0.25) is 5.84 Å². The molecule has 0 rings (SSSR count). The minimum absolute atomic E-state index is 1.30. The molecule has 7 heteroatoms. The van der Waals surface area contributed by atoms with E-state index in [0.29, 0.717) is 0 Å². The molecule has 0 saturated carbocycles. The highest BCUT2D eigenvalue weighted by atomic mass is 35.5. The van der Waals surface area contributed by atoms with Crippen LogP contribution < -0.4 is 5.73 Å². The van der Waals surface area contributed by atoms with E-state index >= 15 is 0 Å². The molecule has 60 valence electrons. The summed E-state index contributed by atoms with van der Waals surface area (Å²) in [6.45, 7) is 0. The van der Waals surface area contributed by atoms with Crippen LogP contribution in [0.3, 0.4) is 0 Å². The highest BCUT2D eigenvalue weighted by molar-refractivity contribution is 6.46. The van der Waals surface area contributed by atoms with Crippen molar-refractivity contribution in [2.45, 2.75) is 10.8 Å². The molecule has 0 atom stereocenters. The lowest BCUT2D eigenvalue weighted by molar-refractivity contribution is 0.0874. The molecule has 0 amide bonds. The van der Waals surface area contributed by atoms with Crippen LogP contribution in [0.15, 0.2) is 5.16 Å². The van der Waals surface area contributed by atoms with Crippen LogP contribution in [0.5, 0.6) is 0 Å². The van der Waals surface area contributed by atoms with Crippen molar-refractivity contribution >= 4 is 29.0 Å². The molecule has 0 aromatic rings. The molecule has 0 aliphatic rings. The molecular weight excluding hydrogens is 189 g/mol. The quantitative estimate of drug-likeness (QED) is 0.227. The van der Waals surface area contributed by atoms with E-state index in [9.17, 15) is 8.78 Å². The van der Waals surface area contributed by atoms with Crippen LogP contribution in [0.4, 0.5) is 8.78 Å². The van der Waals surface area contributed by atoms with Gasteiger partial charge in [0.25, 0.3) is 0 Å². The third-order valence-electron chi connectivity index (χ3n) is 0.723. The Morgan fingerprint density at radius 1 is 1.60 bits per heavy atom. The van der Waals surface area contributed by atoms with Gasteiger partial charge in [-0.1, -0.05) is 28.4 Å². The molecule has 3 N–H and O–H groups in total. The fraction of sp³-hybridized carbons (Fsp3) is 0.667. The van der Waals surface area contributed by atoms with Crippen LogP contribution in [0, 0.1) is 0 Å². The van der Waals surface area contributed by atoms with Crippen LogP contribution in [-0.2, 0) is 0 Å². The summed E-state index contributed by atoms with van der Waals surface area (Å²) in [5.41, 5.74) is 4.53. The van der Waals surface area contributed by atoms with E-state index in [1.165, 1.54) is 0 Å². The summed E-state index contributed by atoms with van der Waals surface area (Å²) in [5, 5.41) is 9.84. The van der Waals surface area contributed by atoms with Crippen molar-refractivity contribution in [1.82, 2.24) is 0 Å². The fourth-order valence-electron chi connectivity index (χ4n) is 0.178. The molecule has 0 aromatic heterocycles. The van der Waals surface area contributed by atoms with Gasteiger partial charge in [-0.25, -0.2) is 0 Å². The van der Waals surface area contributed by atoms with Gasteiger partial charge >= 0.3 is 5.92 Å². The number of oxime groups is 1. The van der Waals surface area contributed by atoms with Gasteiger partial charge in [0.1, 0.15) is 0 Å². The van der Waals surface area contributed by atoms with Crippen molar-refractivity contribution < 1.29 is 14.0 Å². The van der Waals surface area contributed by atoms with Crippen molar-refractivity contribution in [2.75, 3.05) is 0 Å². The number of nitrogens with two attached hydrogens (primary N) is 1. The maximum absolute atomic E-state index is 12.3. The number of amidine groups is 1. The van der Waals surface area contributed by atoms with E-state index in [1.807, 2.05) is 0 Å². The molecule has 0 radical (unpaired) electrons. The van der Waals surface area contributed by atoms with E-state index in [-0.39, 0.29) is 0 Å². The molecular formula is C3H4Cl2F2N2O. The summed E-state index contributed by atoms with van der Waals surface area (Å²) in [6.07, 6.45) is 0. The summed E-state index contributed by atoms with van der Waals surface area (Å²) in [5.74, 6) is -4.99. The van der Waals surface area contributed by atoms with Crippen LogP contribution in [-0.4, -0.2) is 21.8 Å². The Morgan fingerprint density at radius 3 is 2.10 bits per heavy atom. The summed E-state index contributed by atoms with van der Waals surface area (Å²) in [4.78, 5) is -2.01. The van der Waals surface area contributed by atoms with Crippen molar-refractivity contribution in [2.24, 2.45) is 10.9 Å². The first-order chi connectivity index (χ1) is 4.42. The van der Waals surface area contributed by atoms with Gasteiger partial charge in [-0.3, -0.25) is 0 Å². The van der Waals surface area contributed by atoms with Gasteiger partial charge in [0, 0.05) is 0 Å². The van der Waals surface area contributed by atoms with E-state index in [2.05, 4.69) is 10.9 Å². The van der Waals surface area contributed by atoms with Crippen molar-refractivity contribution in [1.29, 1.82) is 0 Å². The van der Waals surface area contributed by atoms with E-state index < -0.39 is 16.6 Å². The molecule has 0 heterocycles. The van der Waals surface area contributed by atoms with Crippen LogP contribution in [0.2, 0.25) is 0 Å². The van der Waals surface area contributed by atoms with Crippen LogP contribution in [0.1, 0.15) is 0 Å². The second-order valence-electron chi connectivity index (χ2n) is 1.41. The smallest absolute Gasteiger partial charge is 0.336 e. The Hall–Kier alpha value is -0.290. The largest absolute Gasteiger partial charge is 0.409 e. The number of rotatable bonds is 2. The van der Waals surface area contributed by atoms with Gasteiger partial charge in [-0.05, 0) is 0 Å². The number of halogens is 4. The molecule has 0 fully saturated rings. The molecule has 0 unspecified atom stereocenters. The summed E-state index contributed by atoms with van der Waals surface area (Å²) < 4.78 is 24.5. The predicted molar refractivity (Wildman–Crippen MR) is 33.8 cm³/mol. The third kappa shape index (κ3) is 1.85. The topological polar surface area (TPSA) is 58.6 Å². The number of hydrogen-bond acceptors (Lipinski definition) is 2. The second-order valence-corrected chi connectivity index (χ2v) is 2.51. The Morgan fingerprint density at radius 2 is 2.00 bits per heavy atom. The average Bonchev–Trinajstić information content (AvgIpc) is 1.86. The van der Waals surface area contributed by atoms with Crippen molar-refractivity contribution in [3.63, 3.8) is 0 Å². The summed E-state index contributed by atoms with van der Waals surface area (Å²) in [7, 11) is 0. The lowest BCUT2D eigenvalue weighted by Crippen LogP contribution is -2.41. The van der Waals surface area contributed by atoms with Crippen LogP contribution in [0.25, 0.3) is 0 Å². The Bertz CT molecular complexity index is 149. The first-order valence-electron chi connectivity index (χ1n) is 2.07. The maximum atomic E-state index is 12.3. The van der Waals surface area contributed by atoms with Gasteiger partial charge in [0.05, 0.1) is 0 Å². The van der Waals surface area contributed by atoms with Gasteiger partial charge < -0.3 is 10.9 Å². The molecule has 0 aromatic carbocycles. The molecule has 0 aliphatic carbocycles. The molecule has 10 heavy (non-hydrogen) atoms. The maximum Gasteiger partial charge on any atom is 0.336 e.